The molecule has 2 aromatic carbocycles. The molecular formula is C16H16Cl2N2O2. The molecule has 0 aromatic heterocycles. The van der Waals surface area contributed by atoms with Crippen LogP contribution in [0, 0.1) is 0 Å². The van der Waals surface area contributed by atoms with E-state index in [1.807, 2.05) is 30.3 Å². The molecule has 0 atom stereocenters. The fraction of sp³-hybridized carbons (Fsp3) is 0.188. The van der Waals surface area contributed by atoms with Crippen molar-refractivity contribution in [2.45, 2.75) is 6.42 Å². The van der Waals surface area contributed by atoms with Gasteiger partial charge in [-0.25, -0.2) is 4.79 Å². The number of para-hydroxylation sites is 1. The second kappa shape index (κ2) is 8.51. The van der Waals surface area contributed by atoms with Crippen molar-refractivity contribution in [1.82, 2.24) is 5.32 Å². The van der Waals surface area contributed by atoms with Gasteiger partial charge in [0.05, 0.1) is 6.61 Å². The van der Waals surface area contributed by atoms with Gasteiger partial charge < -0.3 is 15.4 Å². The first-order chi connectivity index (χ1) is 10.6. The molecule has 0 radical (unpaired) electrons. The predicted molar refractivity (Wildman–Crippen MR) is 90.0 cm³/mol. The zero-order valence-corrected chi connectivity index (χ0v) is 13.3. The average molecular weight is 339 g/mol. The summed E-state index contributed by atoms with van der Waals surface area (Å²) in [6, 6.07) is 14.1. The summed E-state index contributed by atoms with van der Waals surface area (Å²) in [5.74, 6) is 0.820. The Morgan fingerprint density at radius 3 is 2.41 bits per heavy atom. The number of carbonyl (C=O) groups is 1. The van der Waals surface area contributed by atoms with E-state index in [9.17, 15) is 4.79 Å². The molecular weight excluding hydrogens is 323 g/mol. The van der Waals surface area contributed by atoms with Crippen molar-refractivity contribution in [2.75, 3.05) is 18.5 Å². The Morgan fingerprint density at radius 2 is 1.73 bits per heavy atom. The molecule has 116 valence electrons. The fourth-order valence-electron chi connectivity index (χ4n) is 1.78. The minimum Gasteiger partial charge on any atom is -0.494 e. The van der Waals surface area contributed by atoms with Gasteiger partial charge in [-0.1, -0.05) is 41.4 Å². The van der Waals surface area contributed by atoms with Gasteiger partial charge in [0, 0.05) is 22.3 Å². The molecule has 2 N–H and O–H groups in total. The van der Waals surface area contributed by atoms with Gasteiger partial charge in [-0.3, -0.25) is 0 Å². The zero-order chi connectivity index (χ0) is 15.8. The van der Waals surface area contributed by atoms with Gasteiger partial charge in [0.2, 0.25) is 0 Å². The molecule has 0 saturated carbocycles. The quantitative estimate of drug-likeness (QED) is 0.757. The van der Waals surface area contributed by atoms with E-state index in [1.54, 1.807) is 18.2 Å². The van der Waals surface area contributed by atoms with Crippen molar-refractivity contribution in [3.63, 3.8) is 0 Å². The first-order valence-corrected chi connectivity index (χ1v) is 7.58. The normalized spacial score (nSPS) is 10.1. The van der Waals surface area contributed by atoms with Crippen LogP contribution in [0.4, 0.5) is 10.5 Å². The second-order valence-corrected chi connectivity index (χ2v) is 5.43. The van der Waals surface area contributed by atoms with E-state index in [0.29, 0.717) is 35.3 Å². The highest BCUT2D eigenvalue weighted by atomic mass is 35.5. The van der Waals surface area contributed by atoms with Gasteiger partial charge in [0.1, 0.15) is 5.75 Å². The number of halogens is 2. The lowest BCUT2D eigenvalue weighted by Gasteiger charge is -2.09. The Labute approximate surface area is 139 Å². The summed E-state index contributed by atoms with van der Waals surface area (Å²) in [7, 11) is 0. The number of amides is 2. The maximum Gasteiger partial charge on any atom is 0.319 e. The minimum atomic E-state index is -0.307. The molecule has 6 heteroatoms. The summed E-state index contributed by atoms with van der Waals surface area (Å²) >= 11 is 11.7. The van der Waals surface area contributed by atoms with Crippen LogP contribution in [0.1, 0.15) is 6.42 Å². The van der Waals surface area contributed by atoms with Crippen molar-refractivity contribution in [3.8, 4) is 5.75 Å². The number of rotatable bonds is 6. The molecule has 0 spiro atoms. The van der Waals surface area contributed by atoms with Crippen molar-refractivity contribution in [3.05, 3.63) is 58.6 Å². The van der Waals surface area contributed by atoms with Gasteiger partial charge in [-0.15, -0.1) is 0 Å². The maximum absolute atomic E-state index is 11.7. The monoisotopic (exact) mass is 338 g/mol. The van der Waals surface area contributed by atoms with Gasteiger partial charge in [0.25, 0.3) is 0 Å². The topological polar surface area (TPSA) is 50.4 Å². The van der Waals surface area contributed by atoms with Crippen LogP contribution >= 0.6 is 23.2 Å². The molecule has 0 saturated heterocycles. The summed E-state index contributed by atoms with van der Waals surface area (Å²) in [5.41, 5.74) is 0.551. The number of hydrogen-bond acceptors (Lipinski definition) is 2. The standard InChI is InChI=1S/C16H16Cl2N2O2/c17-12-9-13(18)11-14(10-12)20-16(21)19-7-4-8-22-15-5-2-1-3-6-15/h1-3,5-6,9-11H,4,7-8H2,(H2,19,20,21). The van der Waals surface area contributed by atoms with Crippen LogP contribution in [0.5, 0.6) is 5.75 Å². The third-order valence-electron chi connectivity index (χ3n) is 2.74. The van der Waals surface area contributed by atoms with Crippen LogP contribution in [0.15, 0.2) is 48.5 Å². The number of benzene rings is 2. The molecule has 0 aliphatic heterocycles. The van der Waals surface area contributed by atoms with E-state index in [-0.39, 0.29) is 6.03 Å². The van der Waals surface area contributed by atoms with Crippen molar-refractivity contribution >= 4 is 34.9 Å². The number of hydrogen-bond donors (Lipinski definition) is 2. The minimum absolute atomic E-state index is 0.307. The summed E-state index contributed by atoms with van der Waals surface area (Å²) in [5, 5.41) is 6.36. The molecule has 0 fully saturated rings. The Kier molecular flexibility index (Phi) is 6.37. The highest BCUT2D eigenvalue weighted by Crippen LogP contribution is 2.22. The molecule has 0 aliphatic rings. The Morgan fingerprint density at radius 1 is 1.05 bits per heavy atom. The van der Waals surface area contributed by atoms with Crippen LogP contribution < -0.4 is 15.4 Å². The molecule has 2 rings (SSSR count). The lowest BCUT2D eigenvalue weighted by molar-refractivity contribution is 0.250. The summed E-state index contributed by atoms with van der Waals surface area (Å²) in [6.07, 6.45) is 0.707. The smallest absolute Gasteiger partial charge is 0.319 e. The van der Waals surface area contributed by atoms with Crippen molar-refractivity contribution < 1.29 is 9.53 Å². The summed E-state index contributed by atoms with van der Waals surface area (Å²) in [4.78, 5) is 11.7. The van der Waals surface area contributed by atoms with E-state index in [4.69, 9.17) is 27.9 Å². The van der Waals surface area contributed by atoms with E-state index >= 15 is 0 Å². The lowest BCUT2D eigenvalue weighted by atomic mass is 10.3. The highest BCUT2D eigenvalue weighted by Gasteiger charge is 2.03. The van der Waals surface area contributed by atoms with Crippen LogP contribution in [-0.4, -0.2) is 19.2 Å². The Hall–Kier alpha value is -1.91. The van der Waals surface area contributed by atoms with Crippen LogP contribution in [0.2, 0.25) is 10.0 Å². The van der Waals surface area contributed by atoms with E-state index < -0.39 is 0 Å². The van der Waals surface area contributed by atoms with E-state index in [2.05, 4.69) is 10.6 Å². The van der Waals surface area contributed by atoms with Crippen molar-refractivity contribution in [2.24, 2.45) is 0 Å². The number of nitrogens with one attached hydrogen (secondary N) is 2. The molecule has 22 heavy (non-hydrogen) atoms. The van der Waals surface area contributed by atoms with Gasteiger partial charge in [0.15, 0.2) is 0 Å². The molecule has 0 heterocycles. The van der Waals surface area contributed by atoms with Crippen LogP contribution in [0.25, 0.3) is 0 Å². The molecule has 2 aromatic rings. The van der Waals surface area contributed by atoms with E-state index in [1.165, 1.54) is 0 Å². The third-order valence-corrected chi connectivity index (χ3v) is 3.18. The zero-order valence-electron chi connectivity index (χ0n) is 11.8. The van der Waals surface area contributed by atoms with Gasteiger partial charge in [-0.05, 0) is 36.8 Å². The first kappa shape index (κ1) is 16.5. The summed E-state index contributed by atoms with van der Waals surface area (Å²) in [6.45, 7) is 1.04. The molecule has 2 amide bonds. The number of urea groups is 1. The second-order valence-electron chi connectivity index (χ2n) is 4.55. The Balaban J connectivity index is 1.65. The van der Waals surface area contributed by atoms with Gasteiger partial charge in [-0.2, -0.15) is 0 Å². The maximum atomic E-state index is 11.7. The third kappa shape index (κ3) is 5.84. The average Bonchev–Trinajstić information content (AvgIpc) is 2.47. The molecule has 0 aliphatic carbocycles. The molecule has 0 unspecified atom stereocenters. The largest absolute Gasteiger partial charge is 0.494 e. The van der Waals surface area contributed by atoms with Crippen LogP contribution in [-0.2, 0) is 0 Å². The number of anilines is 1. The number of ether oxygens (including phenoxy) is 1. The van der Waals surface area contributed by atoms with Crippen molar-refractivity contribution in [1.29, 1.82) is 0 Å². The van der Waals surface area contributed by atoms with E-state index in [0.717, 1.165) is 5.75 Å². The molecule has 0 bridgehead atoms. The predicted octanol–water partition coefficient (Wildman–Crippen LogP) is 4.58. The highest BCUT2D eigenvalue weighted by molar-refractivity contribution is 6.35. The lowest BCUT2D eigenvalue weighted by Crippen LogP contribution is -2.30. The molecule has 4 nitrogen and oxygen atoms in total. The Bertz CT molecular complexity index is 601. The van der Waals surface area contributed by atoms with Gasteiger partial charge >= 0.3 is 6.03 Å². The first-order valence-electron chi connectivity index (χ1n) is 6.82. The SMILES string of the molecule is O=C(NCCCOc1ccccc1)Nc1cc(Cl)cc(Cl)c1. The fourth-order valence-corrected chi connectivity index (χ4v) is 2.31. The summed E-state index contributed by atoms with van der Waals surface area (Å²) < 4.78 is 5.53. The van der Waals surface area contributed by atoms with Crippen LogP contribution in [0.3, 0.4) is 0 Å². The number of carbonyl (C=O) groups excluding carboxylic acids is 1.